The van der Waals surface area contributed by atoms with Crippen LogP contribution in [0.4, 0.5) is 23.1 Å². The third-order valence-corrected chi connectivity index (χ3v) is 5.62. The van der Waals surface area contributed by atoms with Crippen molar-refractivity contribution in [2.75, 3.05) is 22.5 Å². The van der Waals surface area contributed by atoms with Crippen LogP contribution in [0.5, 0.6) is 0 Å². The highest BCUT2D eigenvalue weighted by molar-refractivity contribution is 6.35. The number of nitrogens with zero attached hydrogens (tertiary/aromatic N) is 2. The van der Waals surface area contributed by atoms with Crippen molar-refractivity contribution in [3.8, 4) is 0 Å². The van der Waals surface area contributed by atoms with Gasteiger partial charge in [0.25, 0.3) is 0 Å². The first kappa shape index (κ1) is 24.9. The lowest BCUT2D eigenvalue weighted by molar-refractivity contribution is -0.117. The lowest BCUT2D eigenvalue weighted by Gasteiger charge is -2.14. The molecule has 3 aromatic carbocycles. The summed E-state index contributed by atoms with van der Waals surface area (Å²) in [4.78, 5) is 21.4. The standard InChI is InChI=1S/C28H29BN6O/c29-24-19-32-28(35-26(24)31-16-8-13-20-9-3-1-4-10-20)34-23-15-7-14-22(18-23)33-27(36)25(30)17-21-11-5-2-6-12-21/h1-7,9-12,14-15,18-19,25H,8,13,16-17,30H2,(H,33,36)(H2,31,32,34,35). The number of carbonyl (C=O) groups is 1. The highest BCUT2D eigenvalue weighted by Gasteiger charge is 2.14. The number of nitrogens with two attached hydrogens (primary N) is 1. The van der Waals surface area contributed by atoms with Crippen LogP contribution in [0.15, 0.2) is 91.1 Å². The van der Waals surface area contributed by atoms with Crippen LogP contribution < -0.4 is 27.1 Å². The fourth-order valence-electron chi connectivity index (χ4n) is 3.74. The van der Waals surface area contributed by atoms with Crippen LogP contribution >= 0.6 is 0 Å². The number of nitrogens with one attached hydrogen (secondary N) is 3. The molecule has 0 bridgehead atoms. The third kappa shape index (κ3) is 7.42. The van der Waals surface area contributed by atoms with Crippen molar-refractivity contribution < 1.29 is 4.79 Å². The van der Waals surface area contributed by atoms with E-state index in [1.807, 2.05) is 66.7 Å². The molecule has 0 spiro atoms. The minimum absolute atomic E-state index is 0.248. The van der Waals surface area contributed by atoms with Crippen LogP contribution in [0, 0.1) is 0 Å². The maximum absolute atomic E-state index is 12.6. The quantitative estimate of drug-likeness (QED) is 0.195. The largest absolute Gasteiger partial charge is 0.370 e. The molecule has 0 saturated heterocycles. The van der Waals surface area contributed by atoms with Crippen molar-refractivity contribution in [1.29, 1.82) is 0 Å². The van der Waals surface area contributed by atoms with Crippen LogP contribution in [-0.2, 0) is 17.6 Å². The van der Waals surface area contributed by atoms with Crippen LogP contribution in [0.2, 0.25) is 0 Å². The van der Waals surface area contributed by atoms with Crippen LogP contribution in [0.1, 0.15) is 17.5 Å². The number of carbonyl (C=O) groups excluding carboxylic acids is 1. The van der Waals surface area contributed by atoms with E-state index in [1.54, 1.807) is 12.3 Å². The smallest absolute Gasteiger partial charge is 0.241 e. The second kappa shape index (κ2) is 12.5. The molecule has 1 amide bonds. The number of benzene rings is 3. The van der Waals surface area contributed by atoms with E-state index in [9.17, 15) is 4.79 Å². The molecule has 1 unspecified atom stereocenters. The van der Waals surface area contributed by atoms with Gasteiger partial charge < -0.3 is 21.7 Å². The fraction of sp³-hybridized carbons (Fsp3) is 0.179. The van der Waals surface area contributed by atoms with E-state index in [2.05, 4.69) is 38.1 Å². The molecular formula is C28H29BN6O. The van der Waals surface area contributed by atoms with Crippen LogP contribution in [0.25, 0.3) is 0 Å². The molecule has 1 aromatic heterocycles. The Morgan fingerprint density at radius 3 is 2.36 bits per heavy atom. The Morgan fingerprint density at radius 1 is 0.917 bits per heavy atom. The fourth-order valence-corrected chi connectivity index (χ4v) is 3.74. The van der Waals surface area contributed by atoms with Crippen LogP contribution in [0.3, 0.4) is 0 Å². The molecule has 180 valence electrons. The number of aromatic nitrogens is 2. The Labute approximate surface area is 213 Å². The average molecular weight is 476 g/mol. The Hall–Kier alpha value is -4.17. The number of hydrogen-bond donors (Lipinski definition) is 4. The third-order valence-electron chi connectivity index (χ3n) is 5.62. The summed E-state index contributed by atoms with van der Waals surface area (Å²) >= 11 is 0. The second-order valence-corrected chi connectivity index (χ2v) is 8.50. The van der Waals surface area contributed by atoms with E-state index < -0.39 is 6.04 Å². The Balaban J connectivity index is 1.32. The summed E-state index contributed by atoms with van der Waals surface area (Å²) in [6.45, 7) is 0.736. The molecule has 7 nitrogen and oxygen atoms in total. The molecule has 4 rings (SSSR count). The molecule has 1 heterocycles. The number of aryl methyl sites for hydroxylation is 1. The lowest BCUT2D eigenvalue weighted by atomic mass is 9.99. The molecule has 0 aliphatic carbocycles. The number of rotatable bonds is 11. The molecule has 0 fully saturated rings. The molecule has 5 N–H and O–H groups in total. The first-order valence-electron chi connectivity index (χ1n) is 11.9. The van der Waals surface area contributed by atoms with Gasteiger partial charge in [-0.2, -0.15) is 4.98 Å². The summed E-state index contributed by atoms with van der Waals surface area (Å²) in [6.07, 6.45) is 3.95. The van der Waals surface area contributed by atoms with Gasteiger partial charge in [0.1, 0.15) is 13.7 Å². The Kier molecular flexibility index (Phi) is 8.67. The van der Waals surface area contributed by atoms with Gasteiger partial charge in [0.05, 0.1) is 6.04 Å². The van der Waals surface area contributed by atoms with Gasteiger partial charge in [-0.1, -0.05) is 66.7 Å². The molecule has 0 aliphatic heterocycles. The molecular weight excluding hydrogens is 447 g/mol. The second-order valence-electron chi connectivity index (χ2n) is 8.50. The maximum Gasteiger partial charge on any atom is 0.241 e. The monoisotopic (exact) mass is 476 g/mol. The number of hydrogen-bond acceptors (Lipinski definition) is 6. The van der Waals surface area contributed by atoms with Crippen molar-refractivity contribution in [2.45, 2.75) is 25.3 Å². The first-order chi connectivity index (χ1) is 17.6. The SMILES string of the molecule is [B]c1cnc(Nc2cccc(NC(=O)C(N)Cc3ccccc3)c2)nc1NCCCc1ccccc1. The van der Waals surface area contributed by atoms with Gasteiger partial charge in [0.2, 0.25) is 11.9 Å². The molecule has 4 aromatic rings. The van der Waals surface area contributed by atoms with Gasteiger partial charge in [-0.3, -0.25) is 4.79 Å². The highest BCUT2D eigenvalue weighted by atomic mass is 16.2. The minimum Gasteiger partial charge on any atom is -0.370 e. The average Bonchev–Trinajstić information content (AvgIpc) is 2.90. The van der Waals surface area contributed by atoms with E-state index in [4.69, 9.17) is 13.6 Å². The molecule has 1 atom stereocenters. The predicted octanol–water partition coefficient (Wildman–Crippen LogP) is 3.57. The summed E-state index contributed by atoms with van der Waals surface area (Å²) < 4.78 is 0. The number of amides is 1. The Bertz CT molecular complexity index is 1270. The van der Waals surface area contributed by atoms with Crippen molar-refractivity contribution >= 4 is 42.4 Å². The summed E-state index contributed by atoms with van der Waals surface area (Å²) in [5.41, 5.74) is 10.3. The molecule has 0 aliphatic rings. The lowest BCUT2D eigenvalue weighted by Crippen LogP contribution is -2.37. The molecule has 36 heavy (non-hydrogen) atoms. The van der Waals surface area contributed by atoms with E-state index in [0.29, 0.717) is 29.3 Å². The van der Waals surface area contributed by atoms with Crippen molar-refractivity contribution in [1.82, 2.24) is 9.97 Å². The van der Waals surface area contributed by atoms with E-state index in [1.165, 1.54) is 5.56 Å². The minimum atomic E-state index is -0.653. The van der Waals surface area contributed by atoms with Gasteiger partial charge in [-0.15, -0.1) is 0 Å². The molecule has 8 heteroatoms. The van der Waals surface area contributed by atoms with Gasteiger partial charge in [-0.25, -0.2) is 4.98 Å². The zero-order chi connectivity index (χ0) is 25.2. The summed E-state index contributed by atoms with van der Waals surface area (Å²) in [5, 5.41) is 9.34. The number of anilines is 4. The predicted molar refractivity (Wildman–Crippen MR) is 147 cm³/mol. The first-order valence-corrected chi connectivity index (χ1v) is 11.9. The van der Waals surface area contributed by atoms with Gasteiger partial charge in [0, 0.05) is 24.1 Å². The molecule has 2 radical (unpaired) electrons. The van der Waals surface area contributed by atoms with Gasteiger partial charge in [-0.05, 0) is 54.1 Å². The zero-order valence-electron chi connectivity index (χ0n) is 20.0. The highest BCUT2D eigenvalue weighted by Crippen LogP contribution is 2.19. The van der Waals surface area contributed by atoms with Crippen molar-refractivity contribution in [3.63, 3.8) is 0 Å². The Morgan fingerprint density at radius 2 is 1.61 bits per heavy atom. The van der Waals surface area contributed by atoms with E-state index in [0.717, 1.165) is 30.6 Å². The molecule has 0 saturated carbocycles. The summed E-state index contributed by atoms with van der Waals surface area (Å²) in [5.74, 6) is 0.734. The maximum atomic E-state index is 12.6. The van der Waals surface area contributed by atoms with Gasteiger partial charge >= 0.3 is 0 Å². The van der Waals surface area contributed by atoms with Crippen LogP contribution in [-0.4, -0.2) is 36.3 Å². The zero-order valence-corrected chi connectivity index (χ0v) is 20.0. The topological polar surface area (TPSA) is 105 Å². The van der Waals surface area contributed by atoms with Crippen molar-refractivity contribution in [3.05, 3.63) is 102 Å². The summed E-state index contributed by atoms with van der Waals surface area (Å²) in [6, 6.07) is 26.7. The van der Waals surface area contributed by atoms with Crippen molar-refractivity contribution in [2.24, 2.45) is 5.73 Å². The van der Waals surface area contributed by atoms with E-state index in [-0.39, 0.29) is 5.91 Å². The van der Waals surface area contributed by atoms with Gasteiger partial charge in [0.15, 0.2) is 0 Å². The normalized spacial score (nSPS) is 11.5. The summed E-state index contributed by atoms with van der Waals surface area (Å²) in [7, 11) is 6.06. The van der Waals surface area contributed by atoms with E-state index >= 15 is 0 Å².